The van der Waals surface area contributed by atoms with E-state index in [9.17, 15) is 8.42 Å². The van der Waals surface area contributed by atoms with Gasteiger partial charge in [-0.25, -0.2) is 22.8 Å². The van der Waals surface area contributed by atoms with Gasteiger partial charge in [0.05, 0.1) is 0 Å². The minimum absolute atomic E-state index is 0.0190. The Labute approximate surface area is 118 Å². The van der Waals surface area contributed by atoms with E-state index >= 15 is 0 Å². The Bertz CT molecular complexity index is 616. The third-order valence-corrected chi connectivity index (χ3v) is 4.78. The van der Waals surface area contributed by atoms with Gasteiger partial charge in [-0.1, -0.05) is 5.21 Å². The Morgan fingerprint density at radius 1 is 1.53 bits per heavy atom. The van der Waals surface area contributed by atoms with E-state index in [1.807, 2.05) is 0 Å². The topological polar surface area (TPSA) is 106 Å². The molecular formula is C9H13BrN6O2S. The predicted molar refractivity (Wildman–Crippen MR) is 70.8 cm³/mol. The average Bonchev–Trinajstić information content (AvgIpc) is 2.95. The van der Waals surface area contributed by atoms with Crippen molar-refractivity contribution in [3.63, 3.8) is 0 Å². The van der Waals surface area contributed by atoms with Crippen molar-refractivity contribution < 1.29 is 8.42 Å². The lowest BCUT2D eigenvalue weighted by Crippen LogP contribution is -2.27. The molecule has 0 aromatic carbocycles. The van der Waals surface area contributed by atoms with Gasteiger partial charge in [-0.15, -0.1) is 5.10 Å². The van der Waals surface area contributed by atoms with Crippen LogP contribution in [0.3, 0.4) is 0 Å². The number of hydrogen-bond donors (Lipinski definition) is 2. The van der Waals surface area contributed by atoms with Crippen molar-refractivity contribution in [1.29, 1.82) is 0 Å². The first-order chi connectivity index (χ1) is 9.00. The van der Waals surface area contributed by atoms with Crippen LogP contribution in [-0.4, -0.2) is 39.9 Å². The van der Waals surface area contributed by atoms with Gasteiger partial charge < -0.3 is 4.98 Å². The molecule has 0 saturated carbocycles. The zero-order valence-corrected chi connectivity index (χ0v) is 12.6. The fourth-order valence-corrected chi connectivity index (χ4v) is 3.74. The zero-order chi connectivity index (χ0) is 13.9. The molecule has 0 amide bonds. The lowest BCUT2D eigenvalue weighted by atomic mass is 10.3. The molecule has 2 aromatic heterocycles. The molecule has 0 fully saturated rings. The van der Waals surface area contributed by atoms with E-state index in [4.69, 9.17) is 0 Å². The molecule has 0 saturated heterocycles. The first-order valence-corrected chi connectivity index (χ1v) is 7.81. The molecule has 19 heavy (non-hydrogen) atoms. The van der Waals surface area contributed by atoms with Crippen molar-refractivity contribution in [2.75, 3.05) is 6.54 Å². The van der Waals surface area contributed by atoms with Crippen LogP contribution in [0, 0.1) is 0 Å². The maximum Gasteiger partial charge on any atom is 0.260 e. The van der Waals surface area contributed by atoms with Gasteiger partial charge in [-0.2, -0.15) is 0 Å². The van der Waals surface area contributed by atoms with Crippen LogP contribution in [0.15, 0.2) is 22.0 Å². The summed E-state index contributed by atoms with van der Waals surface area (Å²) in [6.07, 6.45) is 4.73. The van der Waals surface area contributed by atoms with Crippen LogP contribution in [0.2, 0.25) is 0 Å². The second-order valence-corrected chi connectivity index (χ2v) is 6.28. The normalized spacial score (nSPS) is 11.9. The van der Waals surface area contributed by atoms with Crippen LogP contribution in [0.5, 0.6) is 0 Å². The van der Waals surface area contributed by atoms with Crippen molar-refractivity contribution in [2.45, 2.75) is 17.9 Å². The summed E-state index contributed by atoms with van der Waals surface area (Å²) in [5, 5.41) is 7.30. The Morgan fingerprint density at radius 2 is 2.32 bits per heavy atom. The predicted octanol–water partition coefficient (Wildman–Crippen LogP) is 0.212. The highest BCUT2D eigenvalue weighted by Crippen LogP contribution is 2.17. The minimum atomic E-state index is -3.61. The molecule has 0 aliphatic heterocycles. The summed E-state index contributed by atoms with van der Waals surface area (Å²) < 4.78 is 28.0. The van der Waals surface area contributed by atoms with Gasteiger partial charge in [-0.05, 0) is 22.4 Å². The Morgan fingerprint density at radius 3 is 2.89 bits per heavy atom. The van der Waals surface area contributed by atoms with E-state index in [0.29, 0.717) is 19.4 Å². The molecule has 0 bridgehead atoms. The van der Waals surface area contributed by atoms with Crippen LogP contribution in [0.4, 0.5) is 0 Å². The summed E-state index contributed by atoms with van der Waals surface area (Å²) in [7, 11) is -2.09. The molecule has 104 valence electrons. The van der Waals surface area contributed by atoms with Crippen LogP contribution < -0.4 is 4.72 Å². The number of rotatable bonds is 6. The van der Waals surface area contributed by atoms with Gasteiger partial charge in [0.2, 0.25) is 5.03 Å². The van der Waals surface area contributed by atoms with Crippen LogP contribution >= 0.6 is 15.9 Å². The SMILES string of the molecule is Cn1nnc(Br)c1S(=O)(=O)NCCCc1ncc[nH]1. The lowest BCUT2D eigenvalue weighted by Gasteiger charge is -2.06. The van der Waals surface area contributed by atoms with E-state index in [1.54, 1.807) is 12.4 Å². The molecule has 0 spiro atoms. The number of nitrogens with zero attached hydrogens (tertiary/aromatic N) is 4. The van der Waals surface area contributed by atoms with Gasteiger partial charge in [0.25, 0.3) is 10.0 Å². The molecule has 8 nitrogen and oxygen atoms in total. The number of aromatic nitrogens is 5. The van der Waals surface area contributed by atoms with Crippen LogP contribution in [-0.2, 0) is 23.5 Å². The molecule has 2 heterocycles. The highest BCUT2D eigenvalue weighted by Gasteiger charge is 2.23. The van der Waals surface area contributed by atoms with Gasteiger partial charge >= 0.3 is 0 Å². The van der Waals surface area contributed by atoms with Gasteiger partial charge in [0, 0.05) is 32.4 Å². The highest BCUT2D eigenvalue weighted by molar-refractivity contribution is 9.10. The summed E-state index contributed by atoms with van der Waals surface area (Å²) in [6, 6.07) is 0. The van der Waals surface area contributed by atoms with E-state index < -0.39 is 10.0 Å². The van der Waals surface area contributed by atoms with Crippen molar-refractivity contribution in [3.05, 3.63) is 22.8 Å². The molecule has 0 unspecified atom stereocenters. The highest BCUT2D eigenvalue weighted by atomic mass is 79.9. The summed E-state index contributed by atoms with van der Waals surface area (Å²) >= 11 is 3.06. The first-order valence-electron chi connectivity index (χ1n) is 5.54. The number of imidazole rings is 1. The minimum Gasteiger partial charge on any atom is -0.349 e. The second kappa shape index (κ2) is 5.80. The largest absolute Gasteiger partial charge is 0.349 e. The number of hydrogen-bond acceptors (Lipinski definition) is 5. The molecule has 0 aliphatic carbocycles. The lowest BCUT2D eigenvalue weighted by molar-refractivity contribution is 0.558. The van der Waals surface area contributed by atoms with E-state index in [2.05, 4.69) is 40.9 Å². The number of aryl methyl sites for hydroxylation is 2. The Hall–Kier alpha value is -1.26. The standard InChI is InChI=1S/C9H13BrN6O2S/c1-16-9(8(10)14-15-16)19(17,18)13-4-2-3-7-11-5-6-12-7/h5-6,13H,2-4H2,1H3,(H,11,12). The average molecular weight is 349 g/mol. The Kier molecular flexibility index (Phi) is 4.32. The molecule has 0 aliphatic rings. The van der Waals surface area contributed by atoms with E-state index in [0.717, 1.165) is 5.82 Å². The third kappa shape index (κ3) is 3.39. The van der Waals surface area contributed by atoms with Gasteiger partial charge in [0.15, 0.2) is 4.60 Å². The molecule has 10 heteroatoms. The number of H-pyrrole nitrogens is 1. The summed E-state index contributed by atoms with van der Waals surface area (Å²) in [5.74, 6) is 0.836. The molecule has 2 aromatic rings. The summed E-state index contributed by atoms with van der Waals surface area (Å²) in [4.78, 5) is 7.02. The number of sulfonamides is 1. The smallest absolute Gasteiger partial charge is 0.260 e. The molecule has 0 atom stereocenters. The van der Waals surface area contributed by atoms with Gasteiger partial charge in [0.1, 0.15) is 5.82 Å². The van der Waals surface area contributed by atoms with Crippen LogP contribution in [0.25, 0.3) is 0 Å². The first kappa shape index (κ1) is 14.2. The van der Waals surface area contributed by atoms with Crippen molar-refractivity contribution in [2.24, 2.45) is 7.05 Å². The van der Waals surface area contributed by atoms with Crippen molar-refractivity contribution >= 4 is 26.0 Å². The summed E-state index contributed by atoms with van der Waals surface area (Å²) in [6.45, 7) is 0.320. The van der Waals surface area contributed by atoms with E-state index in [-0.39, 0.29) is 9.63 Å². The summed E-state index contributed by atoms with van der Waals surface area (Å²) in [5.41, 5.74) is 0. The van der Waals surface area contributed by atoms with Crippen LogP contribution in [0.1, 0.15) is 12.2 Å². The number of halogens is 1. The molecular weight excluding hydrogens is 336 g/mol. The number of aromatic amines is 1. The monoisotopic (exact) mass is 348 g/mol. The maximum absolute atomic E-state index is 12.0. The molecule has 0 radical (unpaired) electrons. The van der Waals surface area contributed by atoms with E-state index in [1.165, 1.54) is 11.7 Å². The fourth-order valence-electron chi connectivity index (χ4n) is 1.57. The maximum atomic E-state index is 12.0. The molecule has 2 N–H and O–H groups in total. The molecule has 2 rings (SSSR count). The zero-order valence-electron chi connectivity index (χ0n) is 10.2. The van der Waals surface area contributed by atoms with Crippen molar-refractivity contribution in [3.8, 4) is 0 Å². The Balaban J connectivity index is 1.92. The third-order valence-electron chi connectivity index (χ3n) is 2.43. The fraction of sp³-hybridized carbons (Fsp3) is 0.444. The quantitative estimate of drug-likeness (QED) is 0.726. The second-order valence-electron chi connectivity index (χ2n) is 3.85. The van der Waals surface area contributed by atoms with Crippen molar-refractivity contribution in [1.82, 2.24) is 29.7 Å². The number of nitrogens with one attached hydrogen (secondary N) is 2. The van der Waals surface area contributed by atoms with Gasteiger partial charge in [-0.3, -0.25) is 0 Å².